The number of nitrogens with one attached hydrogen (secondary N) is 2. The van der Waals surface area contributed by atoms with Crippen LogP contribution in [0, 0.1) is 0 Å². The molecule has 0 spiro atoms. The number of pyridine rings is 1. The Hall–Kier alpha value is -0.430. The number of hydrogen-bond donors (Lipinski definition) is 2. The maximum Gasteiger partial charge on any atom is 0.433 e. The number of rotatable bonds is 2. The Morgan fingerprint density at radius 1 is 1.10 bits per heavy atom. The lowest BCUT2D eigenvalue weighted by Gasteiger charge is -2.24. The Bertz CT molecular complexity index is 385. The van der Waals surface area contributed by atoms with Crippen LogP contribution in [0.5, 0.6) is 0 Å². The molecule has 2 N–H and O–H groups in total. The van der Waals surface area contributed by atoms with Gasteiger partial charge in [-0.1, -0.05) is 6.07 Å². The van der Waals surface area contributed by atoms with E-state index >= 15 is 0 Å². The van der Waals surface area contributed by atoms with Gasteiger partial charge in [0.25, 0.3) is 0 Å². The molecule has 1 aromatic heterocycles. The largest absolute Gasteiger partial charge is 0.433 e. The summed E-state index contributed by atoms with van der Waals surface area (Å²) in [4.78, 5) is 3.58. The zero-order chi connectivity index (χ0) is 12.3. The molecule has 0 bridgehead atoms. The third kappa shape index (κ3) is 6.35. The van der Waals surface area contributed by atoms with E-state index < -0.39 is 11.9 Å². The SMILES string of the molecule is Cl.Cl.Cl.FC(F)(F)c1cccc(NC2CCNCC2)n1. The van der Waals surface area contributed by atoms with E-state index in [0.29, 0.717) is 5.82 Å². The van der Waals surface area contributed by atoms with Crippen molar-refractivity contribution in [2.75, 3.05) is 18.4 Å². The topological polar surface area (TPSA) is 37.0 Å². The highest BCUT2D eigenvalue weighted by atomic mass is 35.5. The third-order valence-corrected chi connectivity index (χ3v) is 2.73. The molecule has 0 aromatic carbocycles. The van der Waals surface area contributed by atoms with Crippen LogP contribution < -0.4 is 10.6 Å². The average molecular weight is 355 g/mol. The zero-order valence-electron chi connectivity index (χ0n) is 10.4. The van der Waals surface area contributed by atoms with E-state index in [1.54, 1.807) is 6.07 Å². The van der Waals surface area contributed by atoms with Crippen LogP contribution in [0.2, 0.25) is 0 Å². The highest BCUT2D eigenvalue weighted by molar-refractivity contribution is 5.86. The monoisotopic (exact) mass is 353 g/mol. The summed E-state index contributed by atoms with van der Waals surface area (Å²) >= 11 is 0. The molecule has 0 saturated carbocycles. The Morgan fingerprint density at radius 3 is 2.25 bits per heavy atom. The lowest BCUT2D eigenvalue weighted by molar-refractivity contribution is -0.141. The van der Waals surface area contributed by atoms with Gasteiger partial charge in [0, 0.05) is 6.04 Å². The second kappa shape index (κ2) is 9.50. The summed E-state index contributed by atoms with van der Waals surface area (Å²) < 4.78 is 37.3. The molecule has 20 heavy (non-hydrogen) atoms. The van der Waals surface area contributed by atoms with Gasteiger partial charge in [0.15, 0.2) is 0 Å². The minimum absolute atomic E-state index is 0. The Kier molecular flexibility index (Phi) is 10.4. The molecular weight excluding hydrogens is 337 g/mol. The summed E-state index contributed by atoms with van der Waals surface area (Å²) in [5, 5.41) is 6.24. The van der Waals surface area contributed by atoms with Gasteiger partial charge in [-0.2, -0.15) is 13.2 Å². The van der Waals surface area contributed by atoms with Crippen LogP contribution >= 0.6 is 37.2 Å². The predicted octanol–water partition coefficient (Wildman–Crippen LogP) is 3.53. The first kappa shape index (κ1) is 21.9. The molecule has 0 atom stereocenters. The van der Waals surface area contributed by atoms with Crippen LogP contribution in [0.15, 0.2) is 18.2 Å². The number of piperidine rings is 1. The molecule has 118 valence electrons. The van der Waals surface area contributed by atoms with Gasteiger partial charge in [0.05, 0.1) is 0 Å². The van der Waals surface area contributed by atoms with E-state index in [1.165, 1.54) is 6.07 Å². The molecule has 1 saturated heterocycles. The van der Waals surface area contributed by atoms with Crippen LogP contribution in [-0.2, 0) is 6.18 Å². The van der Waals surface area contributed by atoms with Crippen LogP contribution in [0.25, 0.3) is 0 Å². The van der Waals surface area contributed by atoms with Crippen molar-refractivity contribution in [3.8, 4) is 0 Å². The predicted molar refractivity (Wildman–Crippen MR) is 80.5 cm³/mol. The van der Waals surface area contributed by atoms with E-state index in [1.807, 2.05) is 0 Å². The quantitative estimate of drug-likeness (QED) is 0.853. The fourth-order valence-electron chi connectivity index (χ4n) is 1.85. The van der Waals surface area contributed by atoms with Crippen LogP contribution in [0.1, 0.15) is 18.5 Å². The smallest absolute Gasteiger partial charge is 0.367 e. The molecule has 0 unspecified atom stereocenters. The lowest BCUT2D eigenvalue weighted by Crippen LogP contribution is -2.35. The first-order valence-corrected chi connectivity index (χ1v) is 5.57. The van der Waals surface area contributed by atoms with Crippen molar-refractivity contribution in [2.24, 2.45) is 0 Å². The van der Waals surface area contributed by atoms with Crippen LogP contribution in [0.4, 0.5) is 19.0 Å². The van der Waals surface area contributed by atoms with Crippen LogP contribution in [-0.4, -0.2) is 24.1 Å². The van der Waals surface area contributed by atoms with Crippen molar-refractivity contribution in [1.29, 1.82) is 0 Å². The summed E-state index contributed by atoms with van der Waals surface area (Å²) in [5.74, 6) is 0.298. The third-order valence-electron chi connectivity index (χ3n) is 2.73. The lowest BCUT2D eigenvalue weighted by atomic mass is 10.1. The van der Waals surface area contributed by atoms with E-state index in [2.05, 4.69) is 15.6 Å². The summed E-state index contributed by atoms with van der Waals surface area (Å²) in [6.07, 6.45) is -2.58. The van der Waals surface area contributed by atoms with E-state index in [-0.39, 0.29) is 43.3 Å². The van der Waals surface area contributed by atoms with Crippen molar-refractivity contribution in [3.05, 3.63) is 23.9 Å². The Balaban J connectivity index is 0. The molecule has 0 amide bonds. The minimum atomic E-state index is -4.38. The Morgan fingerprint density at radius 2 is 1.70 bits per heavy atom. The normalized spacial score (nSPS) is 15.3. The van der Waals surface area contributed by atoms with Crippen molar-refractivity contribution < 1.29 is 13.2 Å². The fourth-order valence-corrected chi connectivity index (χ4v) is 1.85. The van der Waals surface area contributed by atoms with Gasteiger partial charge >= 0.3 is 6.18 Å². The molecule has 2 rings (SSSR count). The standard InChI is InChI=1S/C11H14F3N3.3ClH/c12-11(13,14)9-2-1-3-10(17-9)16-8-4-6-15-7-5-8;;;/h1-3,8,15H,4-7H2,(H,16,17);3*1H. The highest BCUT2D eigenvalue weighted by Crippen LogP contribution is 2.28. The number of anilines is 1. The number of halogens is 6. The molecule has 1 aromatic rings. The summed E-state index contributed by atoms with van der Waals surface area (Å²) in [6, 6.07) is 4.12. The van der Waals surface area contributed by atoms with Gasteiger partial charge in [-0.15, -0.1) is 37.2 Å². The second-order valence-corrected chi connectivity index (χ2v) is 4.07. The maximum atomic E-state index is 12.4. The number of nitrogens with zero attached hydrogens (tertiary/aromatic N) is 1. The number of aromatic nitrogens is 1. The number of alkyl halides is 3. The van der Waals surface area contributed by atoms with Crippen molar-refractivity contribution >= 4 is 43.0 Å². The summed E-state index contributed by atoms with van der Waals surface area (Å²) in [7, 11) is 0. The molecule has 3 nitrogen and oxygen atoms in total. The first-order chi connectivity index (χ1) is 8.05. The molecule has 0 aliphatic carbocycles. The zero-order valence-corrected chi connectivity index (χ0v) is 12.9. The minimum Gasteiger partial charge on any atom is -0.367 e. The van der Waals surface area contributed by atoms with Gasteiger partial charge in [0.1, 0.15) is 11.5 Å². The Labute approximate surface area is 134 Å². The van der Waals surface area contributed by atoms with E-state index in [4.69, 9.17) is 0 Å². The van der Waals surface area contributed by atoms with Gasteiger partial charge in [0.2, 0.25) is 0 Å². The van der Waals surface area contributed by atoms with Crippen molar-refractivity contribution in [1.82, 2.24) is 10.3 Å². The molecular formula is C11H17Cl3F3N3. The van der Waals surface area contributed by atoms with Gasteiger partial charge in [-0.3, -0.25) is 0 Å². The van der Waals surface area contributed by atoms with Crippen LogP contribution in [0.3, 0.4) is 0 Å². The van der Waals surface area contributed by atoms with Gasteiger partial charge in [-0.25, -0.2) is 4.98 Å². The second-order valence-electron chi connectivity index (χ2n) is 4.07. The average Bonchev–Trinajstić information content (AvgIpc) is 2.29. The molecule has 2 heterocycles. The molecule has 0 radical (unpaired) electrons. The summed E-state index contributed by atoms with van der Waals surface area (Å²) in [5.41, 5.74) is -0.851. The van der Waals surface area contributed by atoms with Gasteiger partial charge in [-0.05, 0) is 38.1 Å². The molecule has 1 fully saturated rings. The molecule has 9 heteroatoms. The molecule has 1 aliphatic rings. The van der Waals surface area contributed by atoms with Gasteiger partial charge < -0.3 is 10.6 Å². The molecule has 1 aliphatic heterocycles. The number of hydrogen-bond acceptors (Lipinski definition) is 3. The fraction of sp³-hybridized carbons (Fsp3) is 0.545. The van der Waals surface area contributed by atoms with E-state index in [0.717, 1.165) is 32.0 Å². The van der Waals surface area contributed by atoms with Crippen molar-refractivity contribution in [2.45, 2.75) is 25.1 Å². The highest BCUT2D eigenvalue weighted by Gasteiger charge is 2.32. The van der Waals surface area contributed by atoms with Crippen molar-refractivity contribution in [3.63, 3.8) is 0 Å². The van der Waals surface area contributed by atoms with E-state index in [9.17, 15) is 13.2 Å². The maximum absolute atomic E-state index is 12.4. The first-order valence-electron chi connectivity index (χ1n) is 5.57. The summed E-state index contributed by atoms with van der Waals surface area (Å²) in [6.45, 7) is 1.77.